The van der Waals surface area contributed by atoms with Crippen LogP contribution < -0.4 is 10.2 Å². The van der Waals surface area contributed by atoms with Crippen LogP contribution in [-0.4, -0.2) is 42.5 Å². The van der Waals surface area contributed by atoms with E-state index in [-0.39, 0.29) is 12.1 Å². The first-order valence-corrected chi connectivity index (χ1v) is 7.86. The molecule has 2 bridgehead atoms. The monoisotopic (exact) mass is 346 g/mol. The number of ether oxygens (including phenoxy) is 1. The number of hydrogen-bond acceptors (Lipinski definition) is 6. The van der Waals surface area contributed by atoms with Crippen LogP contribution >= 0.6 is 27.3 Å². The van der Waals surface area contributed by atoms with Crippen molar-refractivity contribution >= 4 is 38.5 Å². The first-order valence-electron chi connectivity index (χ1n) is 6.26. The third-order valence-electron chi connectivity index (χ3n) is 3.96. The Morgan fingerprint density at radius 2 is 2.11 bits per heavy atom. The van der Waals surface area contributed by atoms with Crippen LogP contribution in [0, 0.1) is 11.8 Å². The number of piperidine rings is 1. The maximum absolute atomic E-state index is 11.4. The number of nitrogens with zero attached hydrogens (tertiary/aromatic N) is 3. The zero-order chi connectivity index (χ0) is 13.4. The molecule has 3 rings (SSSR count). The highest BCUT2D eigenvalue weighted by molar-refractivity contribution is 9.11. The zero-order valence-corrected chi connectivity index (χ0v) is 12.9. The molecule has 1 aromatic heterocycles. The minimum Gasteiger partial charge on any atom is -0.453 e. The normalized spacial score (nSPS) is 29.4. The standard InChI is InChI=1S/C11H15BrN4O2S/c1-18-11(17)13-8-6-2-3-7(8)5-16(4-6)10-15-14-9(12)19-10/h6-8H,2-5H2,1H3,(H,13,17). The van der Waals surface area contributed by atoms with Crippen molar-refractivity contribution in [3.63, 3.8) is 0 Å². The van der Waals surface area contributed by atoms with Crippen LogP contribution in [-0.2, 0) is 4.74 Å². The number of amides is 1. The van der Waals surface area contributed by atoms with Crippen LogP contribution in [0.5, 0.6) is 0 Å². The lowest BCUT2D eigenvalue weighted by Crippen LogP contribution is -2.52. The van der Waals surface area contributed by atoms with Gasteiger partial charge in [-0.2, -0.15) is 0 Å². The average Bonchev–Trinajstić information content (AvgIpc) is 2.91. The minimum atomic E-state index is -0.325. The van der Waals surface area contributed by atoms with Gasteiger partial charge >= 0.3 is 6.09 Å². The predicted molar refractivity (Wildman–Crippen MR) is 75.4 cm³/mol. The number of rotatable bonds is 2. The van der Waals surface area contributed by atoms with Crippen molar-refractivity contribution in [1.29, 1.82) is 0 Å². The van der Waals surface area contributed by atoms with E-state index in [9.17, 15) is 4.79 Å². The van der Waals surface area contributed by atoms with Gasteiger partial charge in [0.2, 0.25) is 5.13 Å². The fourth-order valence-corrected chi connectivity index (χ4v) is 4.24. The molecule has 1 aliphatic heterocycles. The summed E-state index contributed by atoms with van der Waals surface area (Å²) in [5.74, 6) is 0.945. The van der Waals surface area contributed by atoms with E-state index in [0.717, 1.165) is 35.0 Å². The van der Waals surface area contributed by atoms with Gasteiger partial charge in [-0.3, -0.25) is 0 Å². The highest BCUT2D eigenvalue weighted by Crippen LogP contribution is 2.39. The summed E-state index contributed by atoms with van der Waals surface area (Å²) in [5, 5.41) is 12.1. The van der Waals surface area contributed by atoms with E-state index < -0.39 is 0 Å². The Hall–Kier alpha value is -0.890. The quantitative estimate of drug-likeness (QED) is 0.885. The van der Waals surface area contributed by atoms with Gasteiger partial charge in [0.1, 0.15) is 0 Å². The van der Waals surface area contributed by atoms with Crippen LogP contribution in [0.3, 0.4) is 0 Å². The third-order valence-corrected chi connectivity index (χ3v) is 5.38. The van der Waals surface area contributed by atoms with Crippen molar-refractivity contribution in [2.75, 3.05) is 25.1 Å². The van der Waals surface area contributed by atoms with Gasteiger partial charge in [-0.1, -0.05) is 11.3 Å². The average molecular weight is 347 g/mol. The lowest BCUT2D eigenvalue weighted by molar-refractivity contribution is 0.157. The summed E-state index contributed by atoms with van der Waals surface area (Å²) < 4.78 is 5.51. The molecule has 0 radical (unpaired) electrons. The van der Waals surface area contributed by atoms with Crippen LogP contribution in [0.4, 0.5) is 9.93 Å². The molecule has 19 heavy (non-hydrogen) atoms. The number of nitrogens with one attached hydrogen (secondary N) is 1. The van der Waals surface area contributed by atoms with Crippen molar-refractivity contribution in [2.24, 2.45) is 11.8 Å². The highest BCUT2D eigenvalue weighted by atomic mass is 79.9. The van der Waals surface area contributed by atoms with E-state index in [1.54, 1.807) is 11.3 Å². The number of anilines is 1. The Morgan fingerprint density at radius 3 is 2.63 bits per heavy atom. The smallest absolute Gasteiger partial charge is 0.407 e. The Kier molecular flexibility index (Phi) is 3.62. The van der Waals surface area contributed by atoms with Gasteiger partial charge in [-0.15, -0.1) is 10.2 Å². The van der Waals surface area contributed by atoms with Crippen LogP contribution in [0.15, 0.2) is 3.92 Å². The number of methoxy groups -OCH3 is 1. The first-order chi connectivity index (χ1) is 9.17. The molecule has 2 atom stereocenters. The fraction of sp³-hybridized carbons (Fsp3) is 0.727. The van der Waals surface area contributed by atoms with Crippen molar-refractivity contribution in [2.45, 2.75) is 18.9 Å². The van der Waals surface area contributed by atoms with E-state index in [2.05, 4.69) is 36.3 Å². The molecule has 1 amide bonds. The summed E-state index contributed by atoms with van der Waals surface area (Å²) in [4.78, 5) is 13.7. The van der Waals surface area contributed by atoms with E-state index >= 15 is 0 Å². The molecule has 2 fully saturated rings. The van der Waals surface area contributed by atoms with Gasteiger partial charge in [0, 0.05) is 19.1 Å². The Labute approximate surface area is 123 Å². The van der Waals surface area contributed by atoms with E-state index in [1.165, 1.54) is 7.11 Å². The molecule has 1 saturated carbocycles. The summed E-state index contributed by atoms with van der Waals surface area (Å²) in [6, 6.07) is 0.236. The Morgan fingerprint density at radius 1 is 1.42 bits per heavy atom. The third kappa shape index (κ3) is 2.55. The van der Waals surface area contributed by atoms with Gasteiger partial charge < -0.3 is 15.0 Å². The molecule has 0 spiro atoms. The maximum atomic E-state index is 11.4. The second-order valence-electron chi connectivity index (χ2n) is 5.00. The van der Waals surface area contributed by atoms with Gasteiger partial charge in [0.15, 0.2) is 3.92 Å². The summed E-state index contributed by atoms with van der Waals surface area (Å²) in [6.45, 7) is 1.85. The number of carbonyl (C=O) groups is 1. The second-order valence-corrected chi connectivity index (χ2v) is 7.23. The fourth-order valence-electron chi connectivity index (χ4n) is 3.14. The number of halogens is 1. The Bertz CT molecular complexity index is 469. The van der Waals surface area contributed by atoms with Gasteiger partial charge in [-0.05, 0) is 40.6 Å². The largest absolute Gasteiger partial charge is 0.453 e. The SMILES string of the molecule is COC(=O)NC1C2CCC1CN(c1nnc(Br)s1)C2. The number of fused-ring (bicyclic) bond motifs is 2. The molecule has 2 aliphatic rings. The molecule has 0 aromatic carbocycles. The lowest BCUT2D eigenvalue weighted by Gasteiger charge is -2.37. The molecule has 1 saturated heterocycles. The van der Waals surface area contributed by atoms with E-state index in [4.69, 9.17) is 4.74 Å². The molecule has 104 valence electrons. The van der Waals surface area contributed by atoms with Crippen LogP contribution in [0.2, 0.25) is 0 Å². The topological polar surface area (TPSA) is 67.3 Å². The number of carbonyl (C=O) groups excluding carboxylic acids is 1. The Balaban J connectivity index is 1.69. The summed E-state index contributed by atoms with van der Waals surface area (Å²) in [6.07, 6.45) is 1.97. The van der Waals surface area contributed by atoms with Crippen molar-refractivity contribution in [3.05, 3.63) is 3.92 Å². The van der Waals surface area contributed by atoms with Crippen molar-refractivity contribution in [1.82, 2.24) is 15.5 Å². The number of alkyl carbamates (subject to hydrolysis) is 1. The van der Waals surface area contributed by atoms with Gasteiger partial charge in [-0.25, -0.2) is 4.79 Å². The molecule has 2 unspecified atom stereocenters. The summed E-state index contributed by atoms with van der Waals surface area (Å²) >= 11 is 4.90. The first kappa shape index (κ1) is 13.1. The predicted octanol–water partition coefficient (Wildman–Crippen LogP) is 1.87. The number of aromatic nitrogens is 2. The lowest BCUT2D eigenvalue weighted by atomic mass is 9.92. The maximum Gasteiger partial charge on any atom is 0.407 e. The summed E-state index contributed by atoms with van der Waals surface area (Å²) in [5.41, 5.74) is 0. The van der Waals surface area contributed by atoms with E-state index in [0.29, 0.717) is 11.8 Å². The zero-order valence-electron chi connectivity index (χ0n) is 10.5. The van der Waals surface area contributed by atoms with Gasteiger partial charge in [0.05, 0.1) is 7.11 Å². The van der Waals surface area contributed by atoms with Crippen LogP contribution in [0.25, 0.3) is 0 Å². The molecular formula is C11H15BrN4O2S. The molecular weight excluding hydrogens is 332 g/mol. The molecule has 8 heteroatoms. The van der Waals surface area contributed by atoms with Crippen molar-refractivity contribution in [3.8, 4) is 0 Å². The summed E-state index contributed by atoms with van der Waals surface area (Å²) in [7, 11) is 1.41. The minimum absolute atomic E-state index is 0.236. The van der Waals surface area contributed by atoms with Crippen LogP contribution in [0.1, 0.15) is 12.8 Å². The van der Waals surface area contributed by atoms with Crippen molar-refractivity contribution < 1.29 is 9.53 Å². The van der Waals surface area contributed by atoms with Gasteiger partial charge in [0.25, 0.3) is 0 Å². The molecule has 2 heterocycles. The molecule has 1 aliphatic carbocycles. The number of hydrogen-bond donors (Lipinski definition) is 1. The molecule has 6 nitrogen and oxygen atoms in total. The molecule has 1 aromatic rings. The molecule has 1 N–H and O–H groups in total. The van der Waals surface area contributed by atoms with E-state index in [1.807, 2.05) is 0 Å². The highest BCUT2D eigenvalue weighted by Gasteiger charge is 2.43. The second kappa shape index (κ2) is 5.24.